The summed E-state index contributed by atoms with van der Waals surface area (Å²) in [5.74, 6) is -0.944. The minimum atomic E-state index is -3.68. The summed E-state index contributed by atoms with van der Waals surface area (Å²) in [7, 11) is -3.68. The molecule has 2 rings (SSSR count). The molecule has 0 saturated heterocycles. The van der Waals surface area contributed by atoms with Gasteiger partial charge in [-0.05, 0) is 38.0 Å². The minimum Gasteiger partial charge on any atom is -0.348 e. The maximum atomic E-state index is 13.9. The van der Waals surface area contributed by atoms with Crippen LogP contribution in [-0.4, -0.2) is 31.4 Å². The van der Waals surface area contributed by atoms with Crippen molar-refractivity contribution in [2.45, 2.75) is 33.4 Å². The molecule has 0 fully saturated rings. The highest BCUT2D eigenvalue weighted by molar-refractivity contribution is 7.88. The Balaban J connectivity index is 2.12. The van der Waals surface area contributed by atoms with Gasteiger partial charge in [-0.3, -0.25) is 4.79 Å². The Labute approximate surface area is 160 Å². The first-order valence-electron chi connectivity index (χ1n) is 8.63. The molecule has 1 amide bonds. The van der Waals surface area contributed by atoms with Crippen LogP contribution in [0.5, 0.6) is 0 Å². The van der Waals surface area contributed by atoms with E-state index in [0.717, 1.165) is 27.3 Å². The van der Waals surface area contributed by atoms with E-state index in [2.05, 4.69) is 5.32 Å². The van der Waals surface area contributed by atoms with Crippen LogP contribution < -0.4 is 5.32 Å². The molecule has 0 aliphatic carbocycles. The van der Waals surface area contributed by atoms with Crippen molar-refractivity contribution in [3.05, 3.63) is 70.5 Å². The maximum Gasteiger partial charge on any atom is 0.235 e. The van der Waals surface area contributed by atoms with E-state index in [-0.39, 0.29) is 24.7 Å². The van der Waals surface area contributed by atoms with Gasteiger partial charge in [0, 0.05) is 12.1 Å². The van der Waals surface area contributed by atoms with Crippen LogP contribution in [0, 0.1) is 19.7 Å². The summed E-state index contributed by atoms with van der Waals surface area (Å²) >= 11 is 0. The van der Waals surface area contributed by atoms with Crippen LogP contribution in [0.15, 0.2) is 42.5 Å². The van der Waals surface area contributed by atoms with Crippen LogP contribution in [0.2, 0.25) is 0 Å². The molecular formula is C20H25FN2O3S. The van der Waals surface area contributed by atoms with E-state index in [1.807, 2.05) is 39.0 Å². The van der Waals surface area contributed by atoms with Crippen molar-refractivity contribution in [1.82, 2.24) is 9.62 Å². The highest BCUT2D eigenvalue weighted by atomic mass is 32.2. The topological polar surface area (TPSA) is 66.5 Å². The van der Waals surface area contributed by atoms with Crippen molar-refractivity contribution in [2.24, 2.45) is 0 Å². The van der Waals surface area contributed by atoms with Gasteiger partial charge in [0.05, 0.1) is 18.8 Å². The van der Waals surface area contributed by atoms with E-state index in [1.165, 1.54) is 18.2 Å². The molecular weight excluding hydrogens is 367 g/mol. The molecule has 0 bridgehead atoms. The van der Waals surface area contributed by atoms with Gasteiger partial charge in [0.25, 0.3) is 0 Å². The van der Waals surface area contributed by atoms with Crippen molar-refractivity contribution < 1.29 is 17.6 Å². The number of aryl methyl sites for hydroxylation is 2. The number of nitrogens with one attached hydrogen (secondary N) is 1. The number of nitrogens with zero attached hydrogens (tertiary/aromatic N) is 1. The zero-order valence-corrected chi connectivity index (χ0v) is 16.8. The smallest absolute Gasteiger partial charge is 0.235 e. The summed E-state index contributed by atoms with van der Waals surface area (Å²) in [5.41, 5.74) is 3.32. The molecule has 27 heavy (non-hydrogen) atoms. The van der Waals surface area contributed by atoms with Gasteiger partial charge in [-0.1, -0.05) is 42.0 Å². The number of sulfonamides is 1. The Morgan fingerprint density at radius 1 is 1.19 bits per heavy atom. The van der Waals surface area contributed by atoms with E-state index in [9.17, 15) is 17.6 Å². The van der Waals surface area contributed by atoms with E-state index in [1.54, 1.807) is 6.07 Å². The summed E-state index contributed by atoms with van der Waals surface area (Å²) in [6.45, 7) is 5.20. The standard InChI is InChI=1S/C20H25FN2O3S/c1-14-9-10-15(2)18(11-14)16(3)22-20(24)13-23(27(4,25)26)12-17-7-5-6-8-19(17)21/h5-11,16H,12-13H2,1-4H3,(H,22,24)/t16-/m1/s1. The second-order valence-corrected chi connectivity index (χ2v) is 8.75. The number of halogens is 1. The second-order valence-electron chi connectivity index (χ2n) is 6.77. The molecule has 0 heterocycles. The van der Waals surface area contributed by atoms with Gasteiger partial charge in [-0.15, -0.1) is 0 Å². The summed E-state index contributed by atoms with van der Waals surface area (Å²) in [6, 6.07) is 11.6. The zero-order chi connectivity index (χ0) is 20.2. The van der Waals surface area contributed by atoms with Crippen molar-refractivity contribution in [1.29, 1.82) is 0 Å². The van der Waals surface area contributed by atoms with Gasteiger partial charge in [0.1, 0.15) is 5.82 Å². The molecule has 0 saturated carbocycles. The lowest BCUT2D eigenvalue weighted by Crippen LogP contribution is -2.40. The zero-order valence-electron chi connectivity index (χ0n) is 16.0. The van der Waals surface area contributed by atoms with E-state index >= 15 is 0 Å². The third-order valence-corrected chi connectivity index (χ3v) is 5.57. The fourth-order valence-electron chi connectivity index (χ4n) is 2.86. The first-order chi connectivity index (χ1) is 12.6. The van der Waals surface area contributed by atoms with Crippen molar-refractivity contribution >= 4 is 15.9 Å². The van der Waals surface area contributed by atoms with Crippen LogP contribution in [-0.2, 0) is 21.4 Å². The summed E-state index contributed by atoms with van der Waals surface area (Å²) in [6.07, 6.45) is 1.01. The monoisotopic (exact) mass is 392 g/mol. The van der Waals surface area contributed by atoms with E-state index in [4.69, 9.17) is 0 Å². The fourth-order valence-corrected chi connectivity index (χ4v) is 3.58. The number of benzene rings is 2. The molecule has 2 aromatic rings. The Hall–Kier alpha value is -2.25. The Morgan fingerprint density at radius 2 is 1.85 bits per heavy atom. The molecule has 1 N–H and O–H groups in total. The fraction of sp³-hybridized carbons (Fsp3) is 0.350. The Kier molecular flexibility index (Phi) is 6.73. The average molecular weight is 392 g/mol. The van der Waals surface area contributed by atoms with Gasteiger partial charge in [0.2, 0.25) is 15.9 Å². The molecule has 0 aliphatic heterocycles. The van der Waals surface area contributed by atoms with Gasteiger partial charge >= 0.3 is 0 Å². The van der Waals surface area contributed by atoms with Crippen LogP contribution in [0.1, 0.15) is 35.2 Å². The number of amides is 1. The van der Waals surface area contributed by atoms with Crippen molar-refractivity contribution in [3.63, 3.8) is 0 Å². The third kappa shape index (κ3) is 5.87. The molecule has 146 valence electrons. The van der Waals surface area contributed by atoms with Crippen LogP contribution in [0.4, 0.5) is 4.39 Å². The highest BCUT2D eigenvalue weighted by Gasteiger charge is 2.23. The van der Waals surface area contributed by atoms with Crippen LogP contribution in [0.3, 0.4) is 0 Å². The number of carbonyl (C=O) groups is 1. The molecule has 0 unspecified atom stereocenters. The van der Waals surface area contributed by atoms with Crippen molar-refractivity contribution in [3.8, 4) is 0 Å². The highest BCUT2D eigenvalue weighted by Crippen LogP contribution is 2.19. The van der Waals surface area contributed by atoms with E-state index in [0.29, 0.717) is 0 Å². The normalized spacial score (nSPS) is 12.8. The molecule has 0 radical (unpaired) electrons. The lowest BCUT2D eigenvalue weighted by molar-refractivity contribution is -0.122. The quantitative estimate of drug-likeness (QED) is 0.787. The number of carbonyl (C=O) groups excluding carboxylic acids is 1. The maximum absolute atomic E-state index is 13.9. The van der Waals surface area contributed by atoms with Crippen molar-refractivity contribution in [2.75, 3.05) is 12.8 Å². The van der Waals surface area contributed by atoms with Crippen LogP contribution >= 0.6 is 0 Å². The van der Waals surface area contributed by atoms with Gasteiger partial charge in [-0.2, -0.15) is 4.31 Å². The predicted octanol–water partition coefficient (Wildman–Crippen LogP) is 3.08. The molecule has 2 aromatic carbocycles. The Morgan fingerprint density at radius 3 is 2.48 bits per heavy atom. The lowest BCUT2D eigenvalue weighted by Gasteiger charge is -2.22. The molecule has 5 nitrogen and oxygen atoms in total. The molecule has 0 spiro atoms. The SMILES string of the molecule is Cc1ccc(C)c([C@@H](C)NC(=O)CN(Cc2ccccc2F)S(C)(=O)=O)c1. The first-order valence-corrected chi connectivity index (χ1v) is 10.5. The lowest BCUT2D eigenvalue weighted by atomic mass is 10.00. The average Bonchev–Trinajstić information content (AvgIpc) is 2.57. The summed E-state index contributed by atoms with van der Waals surface area (Å²) in [5, 5.41) is 2.83. The van der Waals surface area contributed by atoms with Gasteiger partial charge in [0.15, 0.2) is 0 Å². The number of hydrogen-bond acceptors (Lipinski definition) is 3. The minimum absolute atomic E-state index is 0.198. The largest absolute Gasteiger partial charge is 0.348 e. The summed E-state index contributed by atoms with van der Waals surface area (Å²) in [4.78, 5) is 12.4. The molecule has 0 aromatic heterocycles. The summed E-state index contributed by atoms with van der Waals surface area (Å²) < 4.78 is 39.0. The number of hydrogen-bond donors (Lipinski definition) is 1. The number of rotatable bonds is 7. The third-order valence-electron chi connectivity index (χ3n) is 4.37. The van der Waals surface area contributed by atoms with Crippen LogP contribution in [0.25, 0.3) is 0 Å². The Bertz CT molecular complexity index is 929. The predicted molar refractivity (Wildman–Crippen MR) is 104 cm³/mol. The molecule has 1 atom stereocenters. The molecule has 0 aliphatic rings. The van der Waals surface area contributed by atoms with Gasteiger partial charge < -0.3 is 5.32 Å². The van der Waals surface area contributed by atoms with E-state index < -0.39 is 21.7 Å². The molecule has 7 heteroatoms. The van der Waals surface area contributed by atoms with Gasteiger partial charge in [-0.25, -0.2) is 12.8 Å². The second kappa shape index (κ2) is 8.63. The first kappa shape index (κ1) is 21.1.